The van der Waals surface area contributed by atoms with Crippen molar-refractivity contribution in [3.05, 3.63) is 35.4 Å². The lowest BCUT2D eigenvalue weighted by Crippen LogP contribution is -2.43. The number of hydrogen-bond donors (Lipinski definition) is 2. The van der Waals surface area contributed by atoms with E-state index < -0.39 is 0 Å². The highest BCUT2D eigenvalue weighted by atomic mass is 32.2. The largest absolute Gasteiger partial charge is 0.380 e. The Labute approximate surface area is 138 Å². The fourth-order valence-corrected chi connectivity index (χ4v) is 3.89. The van der Waals surface area contributed by atoms with Crippen LogP contribution in [0.25, 0.3) is 0 Å². The topological polar surface area (TPSA) is 45.7 Å². The molecule has 2 rings (SSSR count). The van der Waals surface area contributed by atoms with Gasteiger partial charge in [0, 0.05) is 32.0 Å². The van der Waals surface area contributed by atoms with Crippen molar-refractivity contribution < 1.29 is 4.74 Å². The molecule has 122 valence electrons. The minimum atomic E-state index is 0.343. The van der Waals surface area contributed by atoms with Gasteiger partial charge < -0.3 is 15.4 Å². The molecule has 4 nitrogen and oxygen atoms in total. The van der Waals surface area contributed by atoms with Gasteiger partial charge in [0.15, 0.2) is 5.96 Å². The van der Waals surface area contributed by atoms with Crippen molar-refractivity contribution in [1.82, 2.24) is 10.6 Å². The van der Waals surface area contributed by atoms with Crippen LogP contribution in [0.2, 0.25) is 0 Å². The first kappa shape index (κ1) is 17.2. The molecule has 0 aliphatic carbocycles. The summed E-state index contributed by atoms with van der Waals surface area (Å²) in [4.78, 5) is 4.31. The van der Waals surface area contributed by atoms with E-state index in [4.69, 9.17) is 4.74 Å². The molecule has 1 aromatic carbocycles. The number of rotatable bonds is 6. The molecular formula is C17H27N3OS. The average molecular weight is 321 g/mol. The summed E-state index contributed by atoms with van der Waals surface area (Å²) in [5.74, 6) is 2.14. The van der Waals surface area contributed by atoms with E-state index in [1.807, 2.05) is 7.05 Å². The molecular weight excluding hydrogens is 294 g/mol. The van der Waals surface area contributed by atoms with Crippen LogP contribution >= 0.6 is 11.8 Å². The predicted octanol–water partition coefficient (Wildman–Crippen LogP) is 2.78. The zero-order valence-corrected chi connectivity index (χ0v) is 14.6. The van der Waals surface area contributed by atoms with Crippen molar-refractivity contribution in [1.29, 1.82) is 0 Å². The van der Waals surface area contributed by atoms with Crippen molar-refractivity contribution in [2.45, 2.75) is 37.7 Å². The van der Waals surface area contributed by atoms with Crippen LogP contribution in [0.3, 0.4) is 0 Å². The SMILES string of the molecule is CN=C(NCc1cccc(COC)c1)NCC1(C)CCCS1. The molecule has 1 atom stereocenters. The number of ether oxygens (including phenoxy) is 1. The van der Waals surface area contributed by atoms with E-state index in [-0.39, 0.29) is 0 Å². The Morgan fingerprint density at radius 3 is 2.86 bits per heavy atom. The van der Waals surface area contributed by atoms with Gasteiger partial charge in [0.05, 0.1) is 6.61 Å². The van der Waals surface area contributed by atoms with Gasteiger partial charge >= 0.3 is 0 Å². The maximum absolute atomic E-state index is 5.18. The summed E-state index contributed by atoms with van der Waals surface area (Å²) in [6.07, 6.45) is 2.60. The molecule has 1 heterocycles. The van der Waals surface area contributed by atoms with E-state index in [0.29, 0.717) is 11.4 Å². The maximum Gasteiger partial charge on any atom is 0.191 e. The van der Waals surface area contributed by atoms with Crippen LogP contribution in [0.1, 0.15) is 30.9 Å². The fraction of sp³-hybridized carbons (Fsp3) is 0.588. The van der Waals surface area contributed by atoms with Crippen molar-refractivity contribution in [2.24, 2.45) is 4.99 Å². The number of benzene rings is 1. The van der Waals surface area contributed by atoms with Gasteiger partial charge in [0.1, 0.15) is 0 Å². The van der Waals surface area contributed by atoms with E-state index >= 15 is 0 Å². The van der Waals surface area contributed by atoms with Crippen LogP contribution in [0.15, 0.2) is 29.3 Å². The van der Waals surface area contributed by atoms with Crippen LogP contribution in [0.5, 0.6) is 0 Å². The lowest BCUT2D eigenvalue weighted by Gasteiger charge is -2.24. The number of methoxy groups -OCH3 is 1. The Hall–Kier alpha value is -1.20. The van der Waals surface area contributed by atoms with Crippen LogP contribution in [-0.4, -0.2) is 37.2 Å². The number of aliphatic imine (C=N–C) groups is 1. The molecule has 0 aromatic heterocycles. The molecule has 0 saturated carbocycles. The molecule has 22 heavy (non-hydrogen) atoms. The third-order valence-electron chi connectivity index (χ3n) is 3.92. The van der Waals surface area contributed by atoms with Gasteiger partial charge in [0.25, 0.3) is 0 Å². The number of nitrogens with one attached hydrogen (secondary N) is 2. The number of nitrogens with zero attached hydrogens (tertiary/aromatic N) is 1. The van der Waals surface area contributed by atoms with Crippen molar-refractivity contribution in [2.75, 3.05) is 26.5 Å². The minimum absolute atomic E-state index is 0.343. The standard InChI is InChI=1S/C17H27N3OS/c1-17(8-5-9-22-17)13-20-16(18-2)19-11-14-6-4-7-15(10-14)12-21-3/h4,6-7,10H,5,8-9,11-13H2,1-3H3,(H2,18,19,20). The third kappa shape index (κ3) is 5.21. The quantitative estimate of drug-likeness (QED) is 0.625. The maximum atomic E-state index is 5.18. The first-order valence-electron chi connectivity index (χ1n) is 7.80. The molecule has 0 spiro atoms. The van der Waals surface area contributed by atoms with E-state index in [0.717, 1.165) is 19.0 Å². The number of hydrogen-bond acceptors (Lipinski definition) is 3. The first-order chi connectivity index (χ1) is 10.6. The van der Waals surface area contributed by atoms with Gasteiger partial charge in [-0.05, 0) is 36.6 Å². The van der Waals surface area contributed by atoms with E-state index in [1.165, 1.54) is 29.7 Å². The third-order valence-corrected chi connectivity index (χ3v) is 5.45. The number of guanidine groups is 1. The molecule has 2 N–H and O–H groups in total. The first-order valence-corrected chi connectivity index (χ1v) is 8.79. The molecule has 1 aromatic rings. The monoisotopic (exact) mass is 321 g/mol. The molecule has 1 aliphatic heterocycles. The highest BCUT2D eigenvalue weighted by molar-refractivity contribution is 8.00. The smallest absolute Gasteiger partial charge is 0.191 e. The Kier molecular flexibility index (Phi) is 6.58. The average Bonchev–Trinajstić information content (AvgIpc) is 2.95. The predicted molar refractivity (Wildman–Crippen MR) is 95.5 cm³/mol. The van der Waals surface area contributed by atoms with Crippen LogP contribution in [0, 0.1) is 0 Å². The van der Waals surface area contributed by atoms with Gasteiger partial charge in [-0.3, -0.25) is 4.99 Å². The van der Waals surface area contributed by atoms with Crippen LogP contribution in [0.4, 0.5) is 0 Å². The Morgan fingerprint density at radius 2 is 2.18 bits per heavy atom. The summed E-state index contributed by atoms with van der Waals surface area (Å²) in [5, 5.41) is 6.84. The summed E-state index contributed by atoms with van der Waals surface area (Å²) >= 11 is 2.06. The highest BCUT2D eigenvalue weighted by Crippen LogP contribution is 2.36. The molecule has 0 amide bonds. The molecule has 1 fully saturated rings. The second-order valence-electron chi connectivity index (χ2n) is 5.93. The lowest BCUT2D eigenvalue weighted by atomic mass is 10.1. The molecule has 0 radical (unpaired) electrons. The van der Waals surface area contributed by atoms with Crippen molar-refractivity contribution in [3.8, 4) is 0 Å². The molecule has 5 heteroatoms. The summed E-state index contributed by atoms with van der Waals surface area (Å²) in [7, 11) is 3.54. The van der Waals surface area contributed by atoms with Crippen molar-refractivity contribution in [3.63, 3.8) is 0 Å². The Morgan fingerprint density at radius 1 is 1.36 bits per heavy atom. The van der Waals surface area contributed by atoms with Gasteiger partial charge in [0.2, 0.25) is 0 Å². The second kappa shape index (κ2) is 8.44. The lowest BCUT2D eigenvalue weighted by molar-refractivity contribution is 0.185. The molecule has 0 bridgehead atoms. The summed E-state index contributed by atoms with van der Waals surface area (Å²) in [6.45, 7) is 4.71. The molecule has 1 unspecified atom stereocenters. The molecule has 1 aliphatic rings. The summed E-state index contributed by atoms with van der Waals surface area (Å²) in [5.41, 5.74) is 2.43. The minimum Gasteiger partial charge on any atom is -0.380 e. The zero-order valence-electron chi connectivity index (χ0n) is 13.8. The van der Waals surface area contributed by atoms with Gasteiger partial charge in [-0.25, -0.2) is 0 Å². The summed E-state index contributed by atoms with van der Waals surface area (Å²) in [6, 6.07) is 8.43. The van der Waals surface area contributed by atoms with Gasteiger partial charge in [-0.1, -0.05) is 24.3 Å². The van der Waals surface area contributed by atoms with Gasteiger partial charge in [-0.2, -0.15) is 11.8 Å². The van der Waals surface area contributed by atoms with E-state index in [9.17, 15) is 0 Å². The van der Waals surface area contributed by atoms with Crippen molar-refractivity contribution >= 4 is 17.7 Å². The van der Waals surface area contributed by atoms with Crippen LogP contribution < -0.4 is 10.6 Å². The Balaban J connectivity index is 1.82. The number of thioether (sulfide) groups is 1. The normalized spacial score (nSPS) is 21.9. The fourth-order valence-electron chi connectivity index (χ4n) is 2.65. The zero-order chi connectivity index (χ0) is 15.8. The second-order valence-corrected chi connectivity index (χ2v) is 7.62. The van der Waals surface area contributed by atoms with Crippen LogP contribution in [-0.2, 0) is 17.9 Å². The Bertz CT molecular complexity index is 498. The molecule has 1 saturated heterocycles. The van der Waals surface area contributed by atoms with E-state index in [2.05, 4.69) is 58.6 Å². The highest BCUT2D eigenvalue weighted by Gasteiger charge is 2.29. The summed E-state index contributed by atoms with van der Waals surface area (Å²) < 4.78 is 5.52. The van der Waals surface area contributed by atoms with E-state index in [1.54, 1.807) is 7.11 Å². The van der Waals surface area contributed by atoms with Gasteiger partial charge in [-0.15, -0.1) is 0 Å².